The summed E-state index contributed by atoms with van der Waals surface area (Å²) in [6.07, 6.45) is 1.42. The summed E-state index contributed by atoms with van der Waals surface area (Å²) in [6.45, 7) is 8.33. The third kappa shape index (κ3) is 4.47. The van der Waals surface area contributed by atoms with E-state index in [0.29, 0.717) is 6.54 Å². The standard InChI is InChI=1S/C19H24N2O3/c1-13-7-5-8-15(11-13)19(3,4)12-20-17(22)14(2)21-18(23)16-9-6-10-24-16/h5-11,14H,12H2,1-4H3,(H,20,22)(H,21,23). The molecule has 1 aromatic heterocycles. The van der Waals surface area contributed by atoms with Gasteiger partial charge in [0, 0.05) is 12.0 Å². The first kappa shape index (κ1) is 17.8. The second-order valence-electron chi connectivity index (χ2n) is 6.64. The fraction of sp³-hybridized carbons (Fsp3) is 0.368. The van der Waals surface area contributed by atoms with Crippen molar-refractivity contribution in [3.63, 3.8) is 0 Å². The lowest BCUT2D eigenvalue weighted by Crippen LogP contribution is -2.47. The molecule has 1 unspecified atom stereocenters. The normalized spacial score (nSPS) is 12.5. The van der Waals surface area contributed by atoms with E-state index in [9.17, 15) is 9.59 Å². The minimum absolute atomic E-state index is 0.190. The summed E-state index contributed by atoms with van der Waals surface area (Å²) in [5.41, 5.74) is 2.15. The Hall–Kier alpha value is -2.56. The Morgan fingerprint density at radius 3 is 2.58 bits per heavy atom. The number of amides is 2. The number of hydrogen-bond acceptors (Lipinski definition) is 3. The van der Waals surface area contributed by atoms with Crippen LogP contribution in [0.5, 0.6) is 0 Å². The molecule has 1 atom stereocenters. The zero-order valence-electron chi connectivity index (χ0n) is 14.6. The summed E-state index contributed by atoms with van der Waals surface area (Å²) in [5, 5.41) is 5.53. The van der Waals surface area contributed by atoms with E-state index in [2.05, 4.69) is 36.6 Å². The zero-order valence-corrected chi connectivity index (χ0v) is 14.6. The van der Waals surface area contributed by atoms with E-state index in [1.165, 1.54) is 11.8 Å². The first-order chi connectivity index (χ1) is 11.3. The van der Waals surface area contributed by atoms with E-state index in [0.717, 1.165) is 5.56 Å². The first-order valence-electron chi connectivity index (χ1n) is 7.99. The highest BCUT2D eigenvalue weighted by molar-refractivity contribution is 5.95. The van der Waals surface area contributed by atoms with Crippen molar-refractivity contribution in [2.45, 2.75) is 39.2 Å². The Bertz CT molecular complexity index is 705. The lowest BCUT2D eigenvalue weighted by Gasteiger charge is -2.27. The number of furan rings is 1. The van der Waals surface area contributed by atoms with Gasteiger partial charge in [-0.25, -0.2) is 0 Å². The van der Waals surface area contributed by atoms with E-state index in [1.54, 1.807) is 19.1 Å². The van der Waals surface area contributed by atoms with Gasteiger partial charge in [0.1, 0.15) is 6.04 Å². The molecule has 0 radical (unpaired) electrons. The van der Waals surface area contributed by atoms with Crippen LogP contribution in [0.3, 0.4) is 0 Å². The number of hydrogen-bond donors (Lipinski definition) is 2. The molecule has 0 saturated heterocycles. The van der Waals surface area contributed by atoms with Crippen LogP contribution in [0.25, 0.3) is 0 Å². The van der Waals surface area contributed by atoms with E-state index in [4.69, 9.17) is 4.42 Å². The molecule has 5 nitrogen and oxygen atoms in total. The average Bonchev–Trinajstić information content (AvgIpc) is 3.07. The van der Waals surface area contributed by atoms with Gasteiger partial charge in [0.2, 0.25) is 5.91 Å². The molecule has 0 bridgehead atoms. The van der Waals surface area contributed by atoms with Crippen LogP contribution < -0.4 is 10.6 Å². The van der Waals surface area contributed by atoms with Crippen LogP contribution >= 0.6 is 0 Å². The zero-order chi connectivity index (χ0) is 17.7. The van der Waals surface area contributed by atoms with Crippen LogP contribution in [0, 0.1) is 6.92 Å². The van der Waals surface area contributed by atoms with Gasteiger partial charge in [-0.1, -0.05) is 43.7 Å². The Morgan fingerprint density at radius 2 is 1.96 bits per heavy atom. The molecule has 0 aliphatic carbocycles. The number of nitrogens with one attached hydrogen (secondary N) is 2. The fourth-order valence-electron chi connectivity index (χ4n) is 2.37. The van der Waals surface area contributed by atoms with Gasteiger partial charge in [-0.3, -0.25) is 9.59 Å². The molecule has 1 aromatic carbocycles. The Morgan fingerprint density at radius 1 is 1.21 bits per heavy atom. The van der Waals surface area contributed by atoms with Crippen molar-refractivity contribution in [1.29, 1.82) is 0 Å². The second-order valence-corrected chi connectivity index (χ2v) is 6.64. The average molecular weight is 328 g/mol. The number of benzene rings is 1. The molecule has 1 heterocycles. The third-order valence-corrected chi connectivity index (χ3v) is 3.99. The quantitative estimate of drug-likeness (QED) is 0.856. The largest absolute Gasteiger partial charge is 0.459 e. The van der Waals surface area contributed by atoms with Gasteiger partial charge in [0.05, 0.1) is 6.26 Å². The van der Waals surface area contributed by atoms with Crippen LogP contribution in [-0.2, 0) is 10.2 Å². The first-order valence-corrected chi connectivity index (χ1v) is 7.99. The molecular formula is C19H24N2O3. The number of aryl methyl sites for hydroxylation is 1. The van der Waals surface area contributed by atoms with Crippen molar-refractivity contribution in [3.8, 4) is 0 Å². The van der Waals surface area contributed by atoms with Gasteiger partial charge in [0.25, 0.3) is 5.91 Å². The van der Waals surface area contributed by atoms with Crippen molar-refractivity contribution in [3.05, 3.63) is 59.5 Å². The Kier molecular flexibility index (Phi) is 5.44. The van der Waals surface area contributed by atoms with Crippen LogP contribution in [0.2, 0.25) is 0 Å². The molecule has 0 spiro atoms. The van der Waals surface area contributed by atoms with Gasteiger partial charge in [-0.05, 0) is 31.5 Å². The number of carbonyl (C=O) groups excluding carboxylic acids is 2. The number of carbonyl (C=O) groups is 2. The van der Waals surface area contributed by atoms with Crippen molar-refractivity contribution < 1.29 is 14.0 Å². The van der Waals surface area contributed by atoms with Crippen LogP contribution in [0.15, 0.2) is 47.1 Å². The molecular weight excluding hydrogens is 304 g/mol. The van der Waals surface area contributed by atoms with Crippen molar-refractivity contribution >= 4 is 11.8 Å². The Balaban J connectivity index is 1.90. The van der Waals surface area contributed by atoms with Crippen LogP contribution in [0.1, 0.15) is 42.5 Å². The van der Waals surface area contributed by atoms with E-state index in [-0.39, 0.29) is 17.1 Å². The molecule has 2 amide bonds. The van der Waals surface area contributed by atoms with E-state index < -0.39 is 11.9 Å². The second kappa shape index (κ2) is 7.34. The summed E-state index contributed by atoms with van der Waals surface area (Å²) in [4.78, 5) is 24.1. The lowest BCUT2D eigenvalue weighted by atomic mass is 9.84. The third-order valence-electron chi connectivity index (χ3n) is 3.99. The molecule has 2 N–H and O–H groups in total. The maximum absolute atomic E-state index is 12.2. The highest BCUT2D eigenvalue weighted by atomic mass is 16.3. The molecule has 0 saturated carbocycles. The minimum atomic E-state index is -0.643. The predicted molar refractivity (Wildman–Crippen MR) is 92.9 cm³/mol. The van der Waals surface area contributed by atoms with Crippen molar-refractivity contribution in [1.82, 2.24) is 10.6 Å². The van der Waals surface area contributed by atoms with Gasteiger partial charge < -0.3 is 15.1 Å². The van der Waals surface area contributed by atoms with E-state index >= 15 is 0 Å². The summed E-state index contributed by atoms with van der Waals surface area (Å²) in [5.74, 6) is -0.439. The van der Waals surface area contributed by atoms with Gasteiger partial charge in [-0.2, -0.15) is 0 Å². The molecule has 0 aliphatic rings. The monoisotopic (exact) mass is 328 g/mol. The van der Waals surface area contributed by atoms with Crippen LogP contribution in [0.4, 0.5) is 0 Å². The molecule has 24 heavy (non-hydrogen) atoms. The molecule has 0 fully saturated rings. The molecule has 2 rings (SSSR count). The highest BCUT2D eigenvalue weighted by Crippen LogP contribution is 2.23. The summed E-state index contributed by atoms with van der Waals surface area (Å²) in [6, 6.07) is 10.8. The minimum Gasteiger partial charge on any atom is -0.459 e. The molecule has 0 aliphatic heterocycles. The smallest absolute Gasteiger partial charge is 0.287 e. The van der Waals surface area contributed by atoms with Crippen LogP contribution in [-0.4, -0.2) is 24.4 Å². The summed E-state index contributed by atoms with van der Waals surface area (Å²) in [7, 11) is 0. The summed E-state index contributed by atoms with van der Waals surface area (Å²) < 4.78 is 5.02. The van der Waals surface area contributed by atoms with Gasteiger partial charge in [0.15, 0.2) is 5.76 Å². The maximum atomic E-state index is 12.2. The van der Waals surface area contributed by atoms with Gasteiger partial charge in [-0.15, -0.1) is 0 Å². The van der Waals surface area contributed by atoms with Crippen molar-refractivity contribution in [2.75, 3.05) is 6.54 Å². The summed E-state index contributed by atoms with van der Waals surface area (Å²) >= 11 is 0. The lowest BCUT2D eigenvalue weighted by molar-refractivity contribution is -0.122. The SMILES string of the molecule is Cc1cccc(C(C)(C)CNC(=O)C(C)NC(=O)c2ccco2)c1. The number of rotatable bonds is 6. The molecule has 2 aromatic rings. The maximum Gasteiger partial charge on any atom is 0.287 e. The Labute approximate surface area is 142 Å². The predicted octanol–water partition coefficient (Wildman–Crippen LogP) is 2.80. The topological polar surface area (TPSA) is 71.3 Å². The highest BCUT2D eigenvalue weighted by Gasteiger charge is 2.24. The van der Waals surface area contributed by atoms with Gasteiger partial charge >= 0.3 is 0 Å². The van der Waals surface area contributed by atoms with E-state index in [1.807, 2.05) is 19.1 Å². The van der Waals surface area contributed by atoms with Crippen molar-refractivity contribution in [2.24, 2.45) is 0 Å². The molecule has 128 valence electrons. The fourth-order valence-corrected chi connectivity index (χ4v) is 2.37. The molecule has 5 heteroatoms.